The highest BCUT2D eigenvalue weighted by molar-refractivity contribution is 5.66. The van der Waals surface area contributed by atoms with Crippen LogP contribution in [0.3, 0.4) is 0 Å². The van der Waals surface area contributed by atoms with Crippen LogP contribution in [0, 0.1) is 5.41 Å². The Kier molecular flexibility index (Phi) is 3.43. The monoisotopic (exact) mass is 262 g/mol. The largest absolute Gasteiger partial charge is 0.462 e. The average molecular weight is 262 g/mol. The van der Waals surface area contributed by atoms with Gasteiger partial charge in [-0.05, 0) is 17.5 Å². The van der Waals surface area contributed by atoms with E-state index >= 15 is 0 Å². The molecule has 0 unspecified atom stereocenters. The van der Waals surface area contributed by atoms with Crippen molar-refractivity contribution in [2.24, 2.45) is 5.41 Å². The van der Waals surface area contributed by atoms with Gasteiger partial charge in [0.15, 0.2) is 0 Å². The van der Waals surface area contributed by atoms with Gasteiger partial charge in [0.2, 0.25) is 0 Å². The van der Waals surface area contributed by atoms with Crippen LogP contribution in [0.1, 0.15) is 45.2 Å². The Morgan fingerprint density at radius 1 is 1.47 bits per heavy atom. The maximum atomic E-state index is 11.2. The molecule has 0 aromatic heterocycles. The molecule has 2 rings (SSSR count). The molecular weight excluding hydrogens is 240 g/mol. The zero-order valence-electron chi connectivity index (χ0n) is 12.1. The Hall–Kier alpha value is -1.35. The molecule has 0 heterocycles. The van der Waals surface area contributed by atoms with E-state index in [-0.39, 0.29) is 12.1 Å². The van der Waals surface area contributed by atoms with Crippen LogP contribution < -0.4 is 0 Å². The lowest BCUT2D eigenvalue weighted by atomic mass is 9.57. The number of carbonyl (C=O) groups is 1. The minimum absolute atomic E-state index is 0.289. The highest BCUT2D eigenvalue weighted by Gasteiger charge is 2.55. The molecule has 3 nitrogen and oxygen atoms in total. The van der Waals surface area contributed by atoms with E-state index in [0.29, 0.717) is 12.8 Å². The van der Waals surface area contributed by atoms with Gasteiger partial charge in [-0.15, -0.1) is 0 Å². The topological polar surface area (TPSA) is 46.5 Å². The van der Waals surface area contributed by atoms with Crippen molar-refractivity contribution in [1.82, 2.24) is 0 Å². The van der Waals surface area contributed by atoms with Crippen molar-refractivity contribution >= 4 is 5.97 Å². The van der Waals surface area contributed by atoms with E-state index in [9.17, 15) is 9.90 Å². The molecular formula is C16H22O3. The van der Waals surface area contributed by atoms with E-state index in [1.165, 1.54) is 12.5 Å². The summed E-state index contributed by atoms with van der Waals surface area (Å²) in [5.41, 5.74) is 0.711. The van der Waals surface area contributed by atoms with Crippen molar-refractivity contribution < 1.29 is 14.6 Å². The second-order valence-corrected chi connectivity index (χ2v) is 5.92. The standard InChI is InChI=1S/C16H22O3/c1-5-14(19-11(2)17)15(3,4)16(18)10-12-8-6-7-9-13(12)16/h6-9,14,18H,5,10H2,1-4H3/t14-,16+/m0/s1. The molecule has 19 heavy (non-hydrogen) atoms. The Balaban J connectivity index is 2.32. The third-order valence-corrected chi connectivity index (χ3v) is 4.46. The predicted molar refractivity (Wildman–Crippen MR) is 73.7 cm³/mol. The molecule has 1 N–H and O–H groups in total. The summed E-state index contributed by atoms with van der Waals surface area (Å²) in [7, 11) is 0. The zero-order valence-corrected chi connectivity index (χ0v) is 12.1. The summed E-state index contributed by atoms with van der Waals surface area (Å²) in [6.07, 6.45) is 1.02. The number of benzene rings is 1. The fraction of sp³-hybridized carbons (Fsp3) is 0.562. The molecule has 3 heteroatoms. The number of aliphatic hydroxyl groups is 1. The fourth-order valence-electron chi connectivity index (χ4n) is 3.12. The molecule has 104 valence electrons. The third kappa shape index (κ3) is 2.06. The van der Waals surface area contributed by atoms with Crippen LogP contribution in [0.25, 0.3) is 0 Å². The van der Waals surface area contributed by atoms with E-state index in [1.807, 2.05) is 45.0 Å². The molecule has 1 aliphatic rings. The highest BCUT2D eigenvalue weighted by Crippen LogP contribution is 2.53. The van der Waals surface area contributed by atoms with Gasteiger partial charge in [0, 0.05) is 18.8 Å². The van der Waals surface area contributed by atoms with E-state index in [4.69, 9.17) is 4.74 Å². The van der Waals surface area contributed by atoms with Crippen molar-refractivity contribution in [3.05, 3.63) is 35.4 Å². The number of carbonyl (C=O) groups excluding carboxylic acids is 1. The van der Waals surface area contributed by atoms with Gasteiger partial charge in [-0.3, -0.25) is 4.79 Å². The van der Waals surface area contributed by atoms with E-state index in [2.05, 4.69) is 0 Å². The lowest BCUT2D eigenvalue weighted by Gasteiger charge is -2.52. The summed E-state index contributed by atoms with van der Waals surface area (Å²) >= 11 is 0. The SMILES string of the molecule is CC[C@H](OC(C)=O)C(C)(C)[C@@]1(O)Cc2ccccc21. The summed E-state index contributed by atoms with van der Waals surface area (Å²) in [4.78, 5) is 11.2. The first kappa shape index (κ1) is 14.1. The van der Waals surface area contributed by atoms with E-state index in [0.717, 1.165) is 5.56 Å². The molecule has 0 spiro atoms. The van der Waals surface area contributed by atoms with Crippen molar-refractivity contribution in [3.8, 4) is 0 Å². The number of hydrogen-bond donors (Lipinski definition) is 1. The maximum Gasteiger partial charge on any atom is 0.302 e. The first-order chi connectivity index (χ1) is 8.83. The van der Waals surface area contributed by atoms with Gasteiger partial charge in [-0.25, -0.2) is 0 Å². The molecule has 0 saturated heterocycles. The molecule has 1 aromatic rings. The number of hydrogen-bond acceptors (Lipinski definition) is 3. The predicted octanol–water partition coefficient (Wildman–Crippen LogP) is 2.80. The van der Waals surface area contributed by atoms with E-state index in [1.54, 1.807) is 0 Å². The lowest BCUT2D eigenvalue weighted by Crippen LogP contribution is -2.56. The van der Waals surface area contributed by atoms with Crippen LogP contribution in [-0.2, 0) is 21.6 Å². The Morgan fingerprint density at radius 2 is 2.11 bits per heavy atom. The maximum absolute atomic E-state index is 11.2. The Morgan fingerprint density at radius 3 is 2.63 bits per heavy atom. The molecule has 0 amide bonds. The lowest BCUT2D eigenvalue weighted by molar-refractivity contribution is -0.179. The summed E-state index contributed by atoms with van der Waals surface area (Å²) in [5, 5.41) is 11.0. The summed E-state index contributed by atoms with van der Waals surface area (Å²) in [6, 6.07) is 7.91. The Bertz CT molecular complexity index is 493. The first-order valence-electron chi connectivity index (χ1n) is 6.81. The highest BCUT2D eigenvalue weighted by atomic mass is 16.5. The number of ether oxygens (including phenoxy) is 1. The quantitative estimate of drug-likeness (QED) is 0.849. The van der Waals surface area contributed by atoms with Gasteiger partial charge >= 0.3 is 5.97 Å². The normalized spacial score (nSPS) is 23.2. The Labute approximate surface area is 114 Å². The second-order valence-electron chi connectivity index (χ2n) is 5.92. The minimum Gasteiger partial charge on any atom is -0.462 e. The van der Waals surface area contributed by atoms with Crippen LogP contribution in [0.15, 0.2) is 24.3 Å². The molecule has 0 bridgehead atoms. The zero-order chi connectivity index (χ0) is 14.3. The molecule has 1 aromatic carbocycles. The van der Waals surface area contributed by atoms with Gasteiger partial charge in [-0.1, -0.05) is 45.0 Å². The smallest absolute Gasteiger partial charge is 0.302 e. The van der Waals surface area contributed by atoms with Gasteiger partial charge in [0.25, 0.3) is 0 Å². The van der Waals surface area contributed by atoms with Gasteiger partial charge in [0.05, 0.1) is 0 Å². The number of fused-ring (bicyclic) bond motifs is 1. The van der Waals surface area contributed by atoms with Crippen LogP contribution in [0.5, 0.6) is 0 Å². The molecule has 1 aliphatic carbocycles. The fourth-order valence-corrected chi connectivity index (χ4v) is 3.12. The summed E-state index contributed by atoms with van der Waals surface area (Å²) in [5.74, 6) is -0.295. The summed E-state index contributed by atoms with van der Waals surface area (Å²) < 4.78 is 5.40. The summed E-state index contributed by atoms with van der Waals surface area (Å²) in [6.45, 7) is 7.33. The van der Waals surface area contributed by atoms with Crippen LogP contribution >= 0.6 is 0 Å². The molecule has 2 atom stereocenters. The molecule has 0 radical (unpaired) electrons. The molecule has 0 fully saturated rings. The van der Waals surface area contributed by atoms with Gasteiger partial charge < -0.3 is 9.84 Å². The van der Waals surface area contributed by atoms with Crippen LogP contribution in [-0.4, -0.2) is 17.2 Å². The van der Waals surface area contributed by atoms with Crippen LogP contribution in [0.2, 0.25) is 0 Å². The van der Waals surface area contributed by atoms with Gasteiger partial charge in [-0.2, -0.15) is 0 Å². The number of rotatable bonds is 4. The second kappa shape index (κ2) is 4.64. The minimum atomic E-state index is -0.917. The van der Waals surface area contributed by atoms with E-state index < -0.39 is 11.0 Å². The van der Waals surface area contributed by atoms with Crippen molar-refractivity contribution in [2.45, 2.75) is 52.2 Å². The van der Waals surface area contributed by atoms with Gasteiger partial charge in [0.1, 0.15) is 11.7 Å². The van der Waals surface area contributed by atoms with Crippen molar-refractivity contribution in [1.29, 1.82) is 0 Å². The number of esters is 1. The molecule has 0 saturated carbocycles. The van der Waals surface area contributed by atoms with Crippen LogP contribution in [0.4, 0.5) is 0 Å². The van der Waals surface area contributed by atoms with Crippen molar-refractivity contribution in [2.75, 3.05) is 0 Å². The molecule has 0 aliphatic heterocycles. The average Bonchev–Trinajstić information content (AvgIpc) is 2.33. The van der Waals surface area contributed by atoms with Crippen molar-refractivity contribution in [3.63, 3.8) is 0 Å². The first-order valence-corrected chi connectivity index (χ1v) is 6.81. The third-order valence-electron chi connectivity index (χ3n) is 4.46.